The SMILES string of the molecule is CC[C@H](NC(=O)COc1cc(C)ccc1Cl)C(=O)O. The van der Waals surface area contributed by atoms with Crippen LogP contribution in [0.4, 0.5) is 0 Å². The van der Waals surface area contributed by atoms with Gasteiger partial charge in [0.2, 0.25) is 0 Å². The van der Waals surface area contributed by atoms with Gasteiger partial charge in [-0.2, -0.15) is 0 Å². The molecule has 0 aliphatic carbocycles. The number of amides is 1. The van der Waals surface area contributed by atoms with Gasteiger partial charge < -0.3 is 15.2 Å². The summed E-state index contributed by atoms with van der Waals surface area (Å²) < 4.78 is 5.27. The number of nitrogens with one attached hydrogen (secondary N) is 1. The third kappa shape index (κ3) is 4.79. The molecule has 1 aromatic carbocycles. The van der Waals surface area contributed by atoms with Crippen LogP contribution in [0.2, 0.25) is 5.02 Å². The fourth-order valence-electron chi connectivity index (χ4n) is 1.44. The van der Waals surface area contributed by atoms with Gasteiger partial charge in [-0.1, -0.05) is 24.6 Å². The van der Waals surface area contributed by atoms with Crippen molar-refractivity contribution in [3.8, 4) is 5.75 Å². The number of ether oxygens (including phenoxy) is 1. The minimum Gasteiger partial charge on any atom is -0.482 e. The topological polar surface area (TPSA) is 75.6 Å². The van der Waals surface area contributed by atoms with Crippen LogP contribution in [0.1, 0.15) is 18.9 Å². The summed E-state index contributed by atoms with van der Waals surface area (Å²) in [4.78, 5) is 22.3. The van der Waals surface area contributed by atoms with Gasteiger partial charge in [0, 0.05) is 0 Å². The lowest BCUT2D eigenvalue weighted by Gasteiger charge is -2.13. The molecule has 0 aliphatic rings. The Morgan fingerprint density at radius 2 is 2.16 bits per heavy atom. The molecule has 0 fully saturated rings. The molecule has 1 rings (SSSR count). The molecule has 0 spiro atoms. The van der Waals surface area contributed by atoms with E-state index in [9.17, 15) is 9.59 Å². The molecule has 0 bridgehead atoms. The predicted octanol–water partition coefficient (Wildman–Crippen LogP) is 2.01. The minimum absolute atomic E-state index is 0.271. The van der Waals surface area contributed by atoms with Gasteiger partial charge in [0.25, 0.3) is 5.91 Å². The molecule has 1 aromatic rings. The lowest BCUT2D eigenvalue weighted by molar-refractivity contribution is -0.142. The zero-order valence-electron chi connectivity index (χ0n) is 10.8. The summed E-state index contributed by atoms with van der Waals surface area (Å²) in [7, 11) is 0. The molecule has 104 valence electrons. The fourth-order valence-corrected chi connectivity index (χ4v) is 1.61. The van der Waals surface area contributed by atoms with E-state index in [2.05, 4.69) is 5.32 Å². The van der Waals surface area contributed by atoms with Gasteiger partial charge in [0.05, 0.1) is 5.02 Å². The smallest absolute Gasteiger partial charge is 0.326 e. The fraction of sp³-hybridized carbons (Fsp3) is 0.385. The van der Waals surface area contributed by atoms with E-state index in [1.165, 1.54) is 0 Å². The lowest BCUT2D eigenvalue weighted by atomic mass is 10.2. The molecule has 1 amide bonds. The summed E-state index contributed by atoms with van der Waals surface area (Å²) in [5.74, 6) is -1.16. The highest BCUT2D eigenvalue weighted by atomic mass is 35.5. The summed E-state index contributed by atoms with van der Waals surface area (Å²) in [5, 5.41) is 11.6. The number of aryl methyl sites for hydroxylation is 1. The first-order valence-electron chi connectivity index (χ1n) is 5.85. The number of carboxylic acids is 1. The third-order valence-corrected chi connectivity index (χ3v) is 2.80. The first kappa shape index (κ1) is 15.3. The van der Waals surface area contributed by atoms with E-state index in [4.69, 9.17) is 21.4 Å². The van der Waals surface area contributed by atoms with Crippen LogP contribution >= 0.6 is 11.6 Å². The van der Waals surface area contributed by atoms with Gasteiger partial charge in [0.15, 0.2) is 6.61 Å². The highest BCUT2D eigenvalue weighted by Gasteiger charge is 2.17. The molecule has 2 N–H and O–H groups in total. The van der Waals surface area contributed by atoms with Crippen LogP contribution < -0.4 is 10.1 Å². The van der Waals surface area contributed by atoms with E-state index in [-0.39, 0.29) is 6.61 Å². The molecule has 0 aliphatic heterocycles. The maximum absolute atomic E-state index is 11.5. The molecule has 0 saturated heterocycles. The van der Waals surface area contributed by atoms with Crippen molar-refractivity contribution in [1.29, 1.82) is 0 Å². The van der Waals surface area contributed by atoms with Gasteiger partial charge in [-0.3, -0.25) is 4.79 Å². The van der Waals surface area contributed by atoms with Crippen molar-refractivity contribution in [2.45, 2.75) is 26.3 Å². The van der Waals surface area contributed by atoms with Crippen LogP contribution in [0.15, 0.2) is 18.2 Å². The highest BCUT2D eigenvalue weighted by Crippen LogP contribution is 2.24. The number of rotatable bonds is 6. The Bertz CT molecular complexity index is 476. The number of carbonyl (C=O) groups excluding carboxylic acids is 1. The Hall–Kier alpha value is -1.75. The second-order valence-corrected chi connectivity index (χ2v) is 4.50. The molecule has 0 saturated carbocycles. The minimum atomic E-state index is -1.07. The number of benzene rings is 1. The third-order valence-electron chi connectivity index (χ3n) is 2.49. The molecule has 0 radical (unpaired) electrons. The molecule has 5 nitrogen and oxygen atoms in total. The highest BCUT2D eigenvalue weighted by molar-refractivity contribution is 6.32. The number of carboxylic acid groups (broad SMARTS) is 1. The van der Waals surface area contributed by atoms with Crippen molar-refractivity contribution < 1.29 is 19.4 Å². The Labute approximate surface area is 116 Å². The molecule has 0 aromatic heterocycles. The van der Waals surface area contributed by atoms with Gasteiger partial charge in [-0.15, -0.1) is 0 Å². The summed E-state index contributed by atoms with van der Waals surface area (Å²) in [6.07, 6.45) is 0.312. The number of hydrogen-bond donors (Lipinski definition) is 2. The predicted molar refractivity (Wildman–Crippen MR) is 71.5 cm³/mol. The zero-order chi connectivity index (χ0) is 14.4. The summed E-state index contributed by atoms with van der Waals surface area (Å²) in [5.41, 5.74) is 0.955. The average molecular weight is 286 g/mol. The van der Waals surface area contributed by atoms with Crippen LogP contribution in [0.25, 0.3) is 0 Å². The average Bonchev–Trinajstić information content (AvgIpc) is 2.36. The van der Waals surface area contributed by atoms with Crippen molar-refractivity contribution >= 4 is 23.5 Å². The van der Waals surface area contributed by atoms with Crippen LogP contribution in [-0.4, -0.2) is 29.6 Å². The van der Waals surface area contributed by atoms with Crippen LogP contribution in [-0.2, 0) is 9.59 Å². The van der Waals surface area contributed by atoms with Crippen LogP contribution in [0, 0.1) is 6.92 Å². The summed E-state index contributed by atoms with van der Waals surface area (Å²) >= 11 is 5.91. The van der Waals surface area contributed by atoms with E-state index < -0.39 is 17.9 Å². The number of halogens is 1. The largest absolute Gasteiger partial charge is 0.482 e. The number of hydrogen-bond acceptors (Lipinski definition) is 3. The molecule has 0 unspecified atom stereocenters. The van der Waals surface area contributed by atoms with Crippen LogP contribution in [0.3, 0.4) is 0 Å². The Kier molecular flexibility index (Phi) is 5.63. The molecule has 6 heteroatoms. The van der Waals surface area contributed by atoms with E-state index >= 15 is 0 Å². The van der Waals surface area contributed by atoms with Crippen molar-refractivity contribution in [3.63, 3.8) is 0 Å². The maximum atomic E-state index is 11.5. The van der Waals surface area contributed by atoms with Crippen LogP contribution in [0.5, 0.6) is 5.75 Å². The van der Waals surface area contributed by atoms with Gasteiger partial charge >= 0.3 is 5.97 Å². The number of aliphatic carboxylic acids is 1. The second kappa shape index (κ2) is 6.99. The quantitative estimate of drug-likeness (QED) is 0.838. The van der Waals surface area contributed by atoms with Crippen molar-refractivity contribution in [2.24, 2.45) is 0 Å². The Balaban J connectivity index is 2.54. The van der Waals surface area contributed by atoms with E-state index in [1.807, 2.05) is 13.0 Å². The van der Waals surface area contributed by atoms with Crippen molar-refractivity contribution in [1.82, 2.24) is 5.32 Å². The number of carbonyl (C=O) groups is 2. The van der Waals surface area contributed by atoms with Gasteiger partial charge in [0.1, 0.15) is 11.8 Å². The molecule has 19 heavy (non-hydrogen) atoms. The Morgan fingerprint density at radius 1 is 1.47 bits per heavy atom. The van der Waals surface area contributed by atoms with Gasteiger partial charge in [-0.05, 0) is 31.0 Å². The molecular weight excluding hydrogens is 270 g/mol. The van der Waals surface area contributed by atoms with E-state index in [1.54, 1.807) is 19.1 Å². The maximum Gasteiger partial charge on any atom is 0.326 e. The first-order valence-corrected chi connectivity index (χ1v) is 6.23. The normalized spacial score (nSPS) is 11.7. The lowest BCUT2D eigenvalue weighted by Crippen LogP contribution is -2.42. The molecule has 1 atom stereocenters. The van der Waals surface area contributed by atoms with E-state index in [0.29, 0.717) is 17.2 Å². The molecule has 0 heterocycles. The van der Waals surface area contributed by atoms with Crippen molar-refractivity contribution in [3.05, 3.63) is 28.8 Å². The zero-order valence-corrected chi connectivity index (χ0v) is 11.5. The monoisotopic (exact) mass is 285 g/mol. The summed E-state index contributed by atoms with van der Waals surface area (Å²) in [6.45, 7) is 3.28. The van der Waals surface area contributed by atoms with Crippen molar-refractivity contribution in [2.75, 3.05) is 6.61 Å². The second-order valence-electron chi connectivity index (χ2n) is 4.09. The molecular formula is C13H16ClNO4. The van der Waals surface area contributed by atoms with Gasteiger partial charge in [-0.25, -0.2) is 4.79 Å². The van der Waals surface area contributed by atoms with E-state index in [0.717, 1.165) is 5.56 Å². The summed E-state index contributed by atoms with van der Waals surface area (Å²) in [6, 6.07) is 4.32. The standard InChI is InChI=1S/C13H16ClNO4/c1-3-10(13(17)18)15-12(16)7-19-11-6-8(2)4-5-9(11)14/h4-6,10H,3,7H2,1-2H3,(H,15,16)(H,17,18)/t10-/m0/s1. The Morgan fingerprint density at radius 3 is 2.74 bits per heavy atom. The first-order chi connectivity index (χ1) is 8.93.